The van der Waals surface area contributed by atoms with Crippen molar-refractivity contribution in [3.05, 3.63) is 0 Å². The highest BCUT2D eigenvalue weighted by atomic mass is 16.6. The number of carbonyl (C=O) groups excluding carboxylic acids is 3. The minimum atomic E-state index is -1.37. The van der Waals surface area contributed by atoms with E-state index in [4.69, 9.17) is 19.3 Å². The Morgan fingerprint density at radius 2 is 1.00 bits per heavy atom. The molecule has 0 aromatic rings. The van der Waals surface area contributed by atoms with E-state index in [0.717, 1.165) is 6.92 Å². The molecule has 0 aliphatic carbocycles. The van der Waals surface area contributed by atoms with Crippen LogP contribution in [-0.2, 0) is 38.1 Å². The number of hydrogen-bond acceptors (Lipinski definition) is 8. The number of ether oxygens (including phenoxy) is 4. The highest BCUT2D eigenvalue weighted by Crippen LogP contribution is 2.05. The Morgan fingerprint density at radius 1 is 0.682 bits per heavy atom. The van der Waals surface area contributed by atoms with E-state index in [1.165, 1.54) is 27.9 Å². The van der Waals surface area contributed by atoms with Crippen LogP contribution < -0.4 is 0 Å². The first-order chi connectivity index (χ1) is 10.1. The van der Waals surface area contributed by atoms with E-state index in [2.05, 4.69) is 4.74 Å². The molecule has 1 N–H and O–H groups in total. The van der Waals surface area contributed by atoms with Gasteiger partial charge in [0.05, 0.1) is 0 Å². The second-order valence-corrected chi connectivity index (χ2v) is 4.45. The van der Waals surface area contributed by atoms with Crippen LogP contribution in [0.1, 0.15) is 27.7 Å². The Bertz CT molecular complexity index is 431. The summed E-state index contributed by atoms with van der Waals surface area (Å²) in [6.07, 6.45) is -4.81. The molecule has 4 atom stereocenters. The predicted octanol–water partition coefficient (Wildman–Crippen LogP) is -0.0990. The van der Waals surface area contributed by atoms with Crippen LogP contribution in [0.15, 0.2) is 0 Å². The van der Waals surface area contributed by atoms with Crippen LogP contribution in [0.2, 0.25) is 0 Å². The molecule has 0 aromatic heterocycles. The standard InChI is InChI=1S/C13H20O9/c1-6(10(14)15)20-12(17)8(3)22-13(18)9(4)21-11(16)7(2)19-5/h6-9H,1-5H3,(H,14,15). The van der Waals surface area contributed by atoms with Crippen molar-refractivity contribution in [1.29, 1.82) is 0 Å². The lowest BCUT2D eigenvalue weighted by molar-refractivity contribution is -0.182. The molecule has 0 spiro atoms. The Balaban J connectivity index is 4.42. The number of esters is 3. The van der Waals surface area contributed by atoms with E-state index < -0.39 is 48.3 Å². The fourth-order valence-electron chi connectivity index (χ4n) is 1.05. The molecule has 0 heterocycles. The van der Waals surface area contributed by atoms with Gasteiger partial charge in [0.2, 0.25) is 0 Å². The summed E-state index contributed by atoms with van der Waals surface area (Å²) in [5, 5.41) is 8.60. The second kappa shape index (κ2) is 8.98. The lowest BCUT2D eigenvalue weighted by atomic mass is 10.3. The maximum atomic E-state index is 11.7. The highest BCUT2D eigenvalue weighted by Gasteiger charge is 2.28. The van der Waals surface area contributed by atoms with Crippen LogP contribution in [0.3, 0.4) is 0 Å². The van der Waals surface area contributed by atoms with Crippen molar-refractivity contribution in [1.82, 2.24) is 0 Å². The molecule has 0 aliphatic rings. The first-order valence-electron chi connectivity index (χ1n) is 6.47. The minimum Gasteiger partial charge on any atom is -0.479 e. The SMILES string of the molecule is COC(C)C(=O)OC(C)C(=O)OC(C)C(=O)OC(C)C(=O)O. The number of rotatable bonds is 8. The fraction of sp³-hybridized carbons (Fsp3) is 0.692. The predicted molar refractivity (Wildman–Crippen MR) is 70.8 cm³/mol. The Kier molecular flexibility index (Phi) is 8.10. The molecule has 126 valence electrons. The summed E-state index contributed by atoms with van der Waals surface area (Å²) in [5.41, 5.74) is 0. The molecule has 0 rings (SSSR count). The average molecular weight is 320 g/mol. The van der Waals surface area contributed by atoms with Gasteiger partial charge in [-0.2, -0.15) is 0 Å². The van der Waals surface area contributed by atoms with E-state index in [-0.39, 0.29) is 0 Å². The summed E-state index contributed by atoms with van der Waals surface area (Å²) in [7, 11) is 1.30. The normalized spacial score (nSPS) is 15.9. The van der Waals surface area contributed by atoms with Gasteiger partial charge in [-0.1, -0.05) is 0 Å². The lowest BCUT2D eigenvalue weighted by Gasteiger charge is -2.18. The molecule has 0 saturated heterocycles. The number of hydrogen-bond donors (Lipinski definition) is 1. The van der Waals surface area contributed by atoms with Gasteiger partial charge in [-0.05, 0) is 27.7 Å². The van der Waals surface area contributed by atoms with Gasteiger partial charge in [0.1, 0.15) is 0 Å². The van der Waals surface area contributed by atoms with Crippen LogP contribution in [0.25, 0.3) is 0 Å². The molecule has 9 nitrogen and oxygen atoms in total. The minimum absolute atomic E-state index is 0.762. The number of methoxy groups -OCH3 is 1. The Labute approximate surface area is 127 Å². The van der Waals surface area contributed by atoms with Crippen molar-refractivity contribution in [2.75, 3.05) is 7.11 Å². The number of carbonyl (C=O) groups is 4. The van der Waals surface area contributed by atoms with Crippen molar-refractivity contribution < 1.29 is 43.2 Å². The van der Waals surface area contributed by atoms with Gasteiger partial charge in [-0.25, -0.2) is 19.2 Å². The van der Waals surface area contributed by atoms with Crippen LogP contribution in [0.4, 0.5) is 0 Å². The van der Waals surface area contributed by atoms with Crippen LogP contribution in [-0.4, -0.2) is 60.5 Å². The van der Waals surface area contributed by atoms with Crippen LogP contribution in [0.5, 0.6) is 0 Å². The zero-order chi connectivity index (χ0) is 17.4. The lowest BCUT2D eigenvalue weighted by Crippen LogP contribution is -2.36. The summed E-state index contributed by atoms with van der Waals surface area (Å²) < 4.78 is 18.8. The largest absolute Gasteiger partial charge is 0.479 e. The van der Waals surface area contributed by atoms with Gasteiger partial charge in [-0.15, -0.1) is 0 Å². The Morgan fingerprint density at radius 3 is 1.32 bits per heavy atom. The third-order valence-electron chi connectivity index (χ3n) is 2.58. The third-order valence-corrected chi connectivity index (χ3v) is 2.58. The van der Waals surface area contributed by atoms with E-state index in [0.29, 0.717) is 0 Å². The van der Waals surface area contributed by atoms with Crippen molar-refractivity contribution in [2.24, 2.45) is 0 Å². The number of carboxylic acids is 1. The van der Waals surface area contributed by atoms with E-state index in [1.807, 2.05) is 0 Å². The quantitative estimate of drug-likeness (QED) is 0.482. The molecule has 0 aliphatic heterocycles. The maximum Gasteiger partial charge on any atom is 0.347 e. The maximum absolute atomic E-state index is 11.7. The van der Waals surface area contributed by atoms with Crippen molar-refractivity contribution in [3.63, 3.8) is 0 Å². The summed E-state index contributed by atoms with van der Waals surface area (Å²) >= 11 is 0. The topological polar surface area (TPSA) is 125 Å². The van der Waals surface area contributed by atoms with Crippen molar-refractivity contribution >= 4 is 23.9 Å². The van der Waals surface area contributed by atoms with Crippen LogP contribution in [0, 0.1) is 0 Å². The average Bonchev–Trinajstić information content (AvgIpc) is 2.45. The third kappa shape index (κ3) is 6.53. The summed E-state index contributed by atoms with van der Waals surface area (Å²) in [6.45, 7) is 5.07. The number of aliphatic carboxylic acids is 1. The van der Waals surface area contributed by atoms with Crippen molar-refractivity contribution in [3.8, 4) is 0 Å². The molecular formula is C13H20O9. The molecular weight excluding hydrogens is 300 g/mol. The van der Waals surface area contributed by atoms with E-state index in [9.17, 15) is 19.2 Å². The van der Waals surface area contributed by atoms with Crippen LogP contribution >= 0.6 is 0 Å². The molecule has 0 amide bonds. The van der Waals surface area contributed by atoms with Gasteiger partial charge in [0, 0.05) is 7.11 Å². The smallest absolute Gasteiger partial charge is 0.347 e. The second-order valence-electron chi connectivity index (χ2n) is 4.45. The summed E-state index contributed by atoms with van der Waals surface area (Å²) in [5.74, 6) is -4.08. The summed E-state index contributed by atoms with van der Waals surface area (Å²) in [4.78, 5) is 45.1. The van der Waals surface area contributed by atoms with Crippen molar-refractivity contribution in [2.45, 2.75) is 52.1 Å². The van der Waals surface area contributed by atoms with E-state index in [1.54, 1.807) is 0 Å². The molecule has 9 heteroatoms. The molecule has 0 saturated carbocycles. The highest BCUT2D eigenvalue weighted by molar-refractivity contribution is 5.84. The molecule has 4 unspecified atom stereocenters. The first kappa shape index (κ1) is 19.8. The van der Waals surface area contributed by atoms with Gasteiger partial charge in [0.25, 0.3) is 0 Å². The number of carboxylic acid groups (broad SMARTS) is 1. The van der Waals surface area contributed by atoms with Gasteiger partial charge < -0.3 is 24.1 Å². The molecule has 22 heavy (non-hydrogen) atoms. The Hall–Kier alpha value is -2.16. The molecule has 0 fully saturated rings. The van der Waals surface area contributed by atoms with Gasteiger partial charge in [0.15, 0.2) is 24.4 Å². The fourth-order valence-corrected chi connectivity index (χ4v) is 1.05. The first-order valence-corrected chi connectivity index (χ1v) is 6.47. The zero-order valence-corrected chi connectivity index (χ0v) is 13.0. The molecule has 0 aromatic carbocycles. The summed E-state index contributed by atoms with van der Waals surface area (Å²) in [6, 6.07) is 0. The monoisotopic (exact) mass is 320 g/mol. The zero-order valence-electron chi connectivity index (χ0n) is 13.0. The molecule has 0 bridgehead atoms. The van der Waals surface area contributed by atoms with Gasteiger partial charge >= 0.3 is 23.9 Å². The van der Waals surface area contributed by atoms with E-state index >= 15 is 0 Å². The molecule has 0 radical (unpaired) electrons. The van der Waals surface area contributed by atoms with Gasteiger partial charge in [-0.3, -0.25) is 0 Å².